The molecule has 2 nitrogen and oxygen atoms in total. The first-order valence-electron chi connectivity index (χ1n) is 2.42. The Morgan fingerprint density at radius 2 is 2.50 bits per heavy atom. The van der Waals surface area contributed by atoms with Crippen molar-refractivity contribution < 1.29 is 9.53 Å². The first-order chi connectivity index (χ1) is 4.75. The van der Waals surface area contributed by atoms with Gasteiger partial charge in [0.25, 0.3) is 0 Å². The lowest BCUT2D eigenvalue weighted by Gasteiger charge is -1.90. The van der Waals surface area contributed by atoms with E-state index in [-0.39, 0.29) is 5.97 Å². The monoisotopic (exact) mass is 192 g/mol. The fourth-order valence-corrected chi connectivity index (χ4v) is 2.74. The Hall–Kier alpha value is -0.260. The molecule has 5 heteroatoms. The average Bonchev–Trinajstić information content (AvgIpc) is 2.34. The summed E-state index contributed by atoms with van der Waals surface area (Å²) in [4.78, 5) is 10.8. The Morgan fingerprint density at radius 1 is 1.80 bits per heavy atom. The zero-order valence-electron chi connectivity index (χ0n) is 5.12. The Bertz CT molecular complexity index is 285. The van der Waals surface area contributed by atoms with Gasteiger partial charge < -0.3 is 4.74 Å². The lowest BCUT2D eigenvalue weighted by molar-refractivity contribution is 0.0601. The molecule has 0 bridgehead atoms. The van der Waals surface area contributed by atoms with Gasteiger partial charge in [0, 0.05) is 5.38 Å². The molecule has 0 saturated heterocycles. The second kappa shape index (κ2) is 3.23. The van der Waals surface area contributed by atoms with Gasteiger partial charge in [-0.3, -0.25) is 0 Å². The quantitative estimate of drug-likeness (QED) is 0.388. The molecule has 0 radical (unpaired) electrons. The lowest BCUT2D eigenvalue weighted by atomic mass is 10.4. The van der Waals surface area contributed by atoms with Gasteiger partial charge >= 0.3 is 5.97 Å². The molecule has 0 atom stereocenters. The van der Waals surface area contributed by atoms with Crippen molar-refractivity contribution in [3.63, 3.8) is 0 Å². The van der Waals surface area contributed by atoms with E-state index in [4.69, 9.17) is 12.2 Å². The Morgan fingerprint density at radius 3 is 2.90 bits per heavy atom. The van der Waals surface area contributed by atoms with E-state index in [9.17, 15) is 4.79 Å². The topological polar surface area (TPSA) is 26.3 Å². The van der Waals surface area contributed by atoms with Crippen LogP contribution in [0.5, 0.6) is 0 Å². The van der Waals surface area contributed by atoms with Gasteiger partial charge in [-0.1, -0.05) is 32.9 Å². The Labute approximate surface area is 70.5 Å². The van der Waals surface area contributed by atoms with E-state index < -0.39 is 0 Å². The van der Waals surface area contributed by atoms with Crippen molar-refractivity contribution >= 4 is 38.9 Å². The molecular formula is C5H4O2S3. The van der Waals surface area contributed by atoms with E-state index in [2.05, 4.69) is 4.74 Å². The van der Waals surface area contributed by atoms with Gasteiger partial charge in [-0.05, 0) is 0 Å². The average molecular weight is 192 g/mol. The third-order valence-electron chi connectivity index (χ3n) is 0.915. The standard InChI is InChI=1S/C5H4O2S3/c1-7-4(6)3-2-9-10-5(3)8/h2H,1H3. The largest absolute Gasteiger partial charge is 0.465 e. The number of carbonyl (C=O) groups excluding carboxylic acids is 1. The first-order valence-corrected chi connectivity index (χ1v) is 5.04. The van der Waals surface area contributed by atoms with Gasteiger partial charge in [-0.25, -0.2) is 4.79 Å². The number of rotatable bonds is 1. The van der Waals surface area contributed by atoms with Crippen LogP contribution in [0.3, 0.4) is 0 Å². The summed E-state index contributed by atoms with van der Waals surface area (Å²) in [5, 5.41) is 1.71. The summed E-state index contributed by atoms with van der Waals surface area (Å²) in [6.07, 6.45) is 0. The summed E-state index contributed by atoms with van der Waals surface area (Å²) in [6.45, 7) is 0. The molecule has 0 amide bonds. The summed E-state index contributed by atoms with van der Waals surface area (Å²) < 4.78 is 5.09. The van der Waals surface area contributed by atoms with Crippen LogP contribution in [0.4, 0.5) is 0 Å². The highest BCUT2D eigenvalue weighted by molar-refractivity contribution is 7.79. The van der Waals surface area contributed by atoms with E-state index in [1.165, 1.54) is 27.8 Å². The van der Waals surface area contributed by atoms with Gasteiger partial charge in [0.2, 0.25) is 0 Å². The highest BCUT2D eigenvalue weighted by Crippen LogP contribution is 2.17. The highest BCUT2D eigenvalue weighted by Gasteiger charge is 2.07. The molecule has 54 valence electrons. The predicted molar refractivity (Wildman–Crippen MR) is 44.4 cm³/mol. The fourth-order valence-electron chi connectivity index (χ4n) is 0.450. The molecular weight excluding hydrogens is 188 g/mol. The minimum Gasteiger partial charge on any atom is -0.465 e. The van der Waals surface area contributed by atoms with Crippen molar-refractivity contribution in [1.82, 2.24) is 0 Å². The molecule has 0 N–H and O–H groups in total. The number of esters is 1. The van der Waals surface area contributed by atoms with E-state index >= 15 is 0 Å². The summed E-state index contributed by atoms with van der Waals surface area (Å²) in [6, 6.07) is 0. The molecule has 10 heavy (non-hydrogen) atoms. The van der Waals surface area contributed by atoms with Crippen LogP contribution in [0.2, 0.25) is 0 Å². The summed E-state index contributed by atoms with van der Waals surface area (Å²) in [5.74, 6) is -0.345. The number of hydrogen-bond donors (Lipinski definition) is 0. The van der Waals surface area contributed by atoms with Crippen LogP contribution in [0.25, 0.3) is 0 Å². The summed E-state index contributed by atoms with van der Waals surface area (Å²) >= 11 is 4.86. The maximum Gasteiger partial charge on any atom is 0.341 e. The Balaban J connectivity index is 3.05. The van der Waals surface area contributed by atoms with Gasteiger partial charge in [0.05, 0.1) is 12.7 Å². The molecule has 0 aliphatic carbocycles. The molecule has 0 aliphatic rings. The van der Waals surface area contributed by atoms with Crippen molar-refractivity contribution in [1.29, 1.82) is 0 Å². The van der Waals surface area contributed by atoms with E-state index in [1.807, 2.05) is 0 Å². The molecule has 1 aromatic heterocycles. The summed E-state index contributed by atoms with van der Waals surface area (Å²) in [7, 11) is 4.20. The van der Waals surface area contributed by atoms with Crippen molar-refractivity contribution in [3.05, 3.63) is 14.8 Å². The molecule has 0 aliphatic heterocycles. The van der Waals surface area contributed by atoms with Gasteiger partial charge in [-0.2, -0.15) is 0 Å². The zero-order chi connectivity index (χ0) is 7.56. The lowest BCUT2D eigenvalue weighted by Crippen LogP contribution is -1.98. The SMILES string of the molecule is COC(=O)c1cssc1=S. The third kappa shape index (κ3) is 1.42. The van der Waals surface area contributed by atoms with Crippen LogP contribution in [0.15, 0.2) is 5.38 Å². The molecule has 1 rings (SSSR count). The van der Waals surface area contributed by atoms with Crippen LogP contribution < -0.4 is 0 Å². The van der Waals surface area contributed by atoms with Crippen LogP contribution in [-0.2, 0) is 4.74 Å². The van der Waals surface area contributed by atoms with Crippen LogP contribution in [0.1, 0.15) is 10.4 Å². The Kier molecular flexibility index (Phi) is 2.53. The van der Waals surface area contributed by atoms with Crippen LogP contribution in [0, 0.1) is 3.82 Å². The van der Waals surface area contributed by atoms with E-state index in [0.717, 1.165) is 0 Å². The maximum absolute atomic E-state index is 10.8. The second-order valence-corrected chi connectivity index (χ2v) is 4.24. The maximum atomic E-state index is 10.8. The molecule has 0 aromatic carbocycles. The number of methoxy groups -OCH3 is 1. The number of carbonyl (C=O) groups is 1. The fraction of sp³-hybridized carbons (Fsp3) is 0.200. The minimum atomic E-state index is -0.345. The number of ether oxygens (including phenoxy) is 1. The smallest absolute Gasteiger partial charge is 0.341 e. The van der Waals surface area contributed by atoms with Crippen molar-refractivity contribution in [2.24, 2.45) is 0 Å². The molecule has 0 spiro atoms. The van der Waals surface area contributed by atoms with Gasteiger partial charge in [0.1, 0.15) is 3.82 Å². The summed E-state index contributed by atoms with van der Waals surface area (Å²) in [5.41, 5.74) is 0.507. The van der Waals surface area contributed by atoms with E-state index in [0.29, 0.717) is 9.39 Å². The molecule has 0 saturated carbocycles. The van der Waals surface area contributed by atoms with Crippen molar-refractivity contribution in [2.75, 3.05) is 7.11 Å². The van der Waals surface area contributed by atoms with Crippen LogP contribution >= 0.6 is 32.9 Å². The number of hydrogen-bond acceptors (Lipinski definition) is 5. The first kappa shape index (κ1) is 7.84. The van der Waals surface area contributed by atoms with Gasteiger partial charge in [-0.15, -0.1) is 0 Å². The van der Waals surface area contributed by atoms with Crippen molar-refractivity contribution in [3.8, 4) is 0 Å². The second-order valence-electron chi connectivity index (χ2n) is 1.49. The normalized spacial score (nSPS) is 9.30. The van der Waals surface area contributed by atoms with Crippen LogP contribution in [-0.4, -0.2) is 13.1 Å². The molecule has 0 fully saturated rings. The van der Waals surface area contributed by atoms with E-state index in [1.54, 1.807) is 5.38 Å². The molecule has 1 heterocycles. The zero-order valence-corrected chi connectivity index (χ0v) is 7.57. The molecule has 1 aromatic rings. The van der Waals surface area contributed by atoms with Gasteiger partial charge in [0.15, 0.2) is 0 Å². The minimum absolute atomic E-state index is 0.345. The van der Waals surface area contributed by atoms with Crippen molar-refractivity contribution in [2.45, 2.75) is 0 Å². The highest BCUT2D eigenvalue weighted by atomic mass is 32.9. The third-order valence-corrected chi connectivity index (χ3v) is 3.58. The molecule has 0 unspecified atom stereocenters. The predicted octanol–water partition coefficient (Wildman–Crippen LogP) is 2.33.